The number of rotatable bonds is 5. The molecule has 2 aromatic rings. The van der Waals surface area contributed by atoms with Crippen LogP contribution in [-0.2, 0) is 9.53 Å². The molecule has 0 spiro atoms. The number of aromatic nitrogens is 1. The van der Waals surface area contributed by atoms with Crippen molar-refractivity contribution in [3.8, 4) is 17.7 Å². The zero-order valence-corrected chi connectivity index (χ0v) is 16.5. The van der Waals surface area contributed by atoms with Gasteiger partial charge >= 0.3 is 0 Å². The first-order valence-electron chi connectivity index (χ1n) is 9.99. The number of amides is 1. The standard InChI is InChI=1S/C20H25N5O4/c1-2-15-13-25(9-11-27-15)18(26)14-23-5-7-24(8-6-23)20-16(12-21)22-19(29-20)17-4-3-10-28-17/h3-4,10,15H,2,5-9,11,13-14H2,1H3. The van der Waals surface area contributed by atoms with Gasteiger partial charge in [-0.15, -0.1) is 0 Å². The quantitative estimate of drug-likeness (QED) is 0.747. The maximum Gasteiger partial charge on any atom is 0.266 e. The molecule has 4 heterocycles. The van der Waals surface area contributed by atoms with Crippen molar-refractivity contribution in [3.05, 3.63) is 24.1 Å². The summed E-state index contributed by atoms with van der Waals surface area (Å²) in [6.07, 6.45) is 2.60. The molecule has 29 heavy (non-hydrogen) atoms. The van der Waals surface area contributed by atoms with Crippen LogP contribution in [0.25, 0.3) is 11.7 Å². The molecule has 1 unspecified atom stereocenters. The highest BCUT2D eigenvalue weighted by molar-refractivity contribution is 5.78. The summed E-state index contributed by atoms with van der Waals surface area (Å²) in [5.41, 5.74) is 0.250. The highest BCUT2D eigenvalue weighted by atomic mass is 16.5. The van der Waals surface area contributed by atoms with Crippen LogP contribution in [0.3, 0.4) is 0 Å². The Kier molecular flexibility index (Phi) is 5.83. The average Bonchev–Trinajstić information content (AvgIpc) is 3.44. The summed E-state index contributed by atoms with van der Waals surface area (Å²) >= 11 is 0. The van der Waals surface area contributed by atoms with Gasteiger partial charge in [0.05, 0.1) is 25.5 Å². The summed E-state index contributed by atoms with van der Waals surface area (Å²) in [5.74, 6) is 1.41. The van der Waals surface area contributed by atoms with Crippen LogP contribution in [0, 0.1) is 11.3 Å². The third-order valence-corrected chi connectivity index (χ3v) is 5.41. The van der Waals surface area contributed by atoms with E-state index in [-0.39, 0.29) is 17.7 Å². The molecule has 2 aromatic heterocycles. The normalized spacial score (nSPS) is 20.6. The van der Waals surface area contributed by atoms with E-state index in [9.17, 15) is 10.1 Å². The van der Waals surface area contributed by atoms with Gasteiger partial charge in [-0.1, -0.05) is 6.92 Å². The number of morpholine rings is 1. The van der Waals surface area contributed by atoms with Crippen molar-refractivity contribution < 1.29 is 18.4 Å². The van der Waals surface area contributed by atoms with Crippen molar-refractivity contribution >= 4 is 11.8 Å². The molecule has 2 fully saturated rings. The van der Waals surface area contributed by atoms with Gasteiger partial charge in [0, 0.05) is 39.3 Å². The van der Waals surface area contributed by atoms with Crippen LogP contribution in [0.5, 0.6) is 0 Å². The van der Waals surface area contributed by atoms with Crippen LogP contribution in [0.1, 0.15) is 19.0 Å². The minimum absolute atomic E-state index is 0.142. The molecule has 2 aliphatic heterocycles. The van der Waals surface area contributed by atoms with E-state index in [0.29, 0.717) is 56.9 Å². The van der Waals surface area contributed by atoms with E-state index >= 15 is 0 Å². The molecule has 0 radical (unpaired) electrons. The number of nitrogens with zero attached hydrogens (tertiary/aromatic N) is 5. The summed E-state index contributed by atoms with van der Waals surface area (Å²) in [6.45, 7) is 7.19. The molecule has 2 saturated heterocycles. The predicted molar refractivity (Wildman–Crippen MR) is 104 cm³/mol. The third kappa shape index (κ3) is 4.28. The Bertz CT molecular complexity index is 864. The van der Waals surface area contributed by atoms with Gasteiger partial charge in [0.15, 0.2) is 5.76 Å². The number of piperazine rings is 1. The van der Waals surface area contributed by atoms with E-state index in [1.54, 1.807) is 12.1 Å². The topological polar surface area (TPSA) is 99.0 Å². The number of hydrogen-bond donors (Lipinski definition) is 0. The van der Waals surface area contributed by atoms with E-state index < -0.39 is 0 Å². The number of hydrogen-bond acceptors (Lipinski definition) is 8. The molecule has 1 amide bonds. The molecule has 4 rings (SSSR count). The molecule has 0 aliphatic carbocycles. The van der Waals surface area contributed by atoms with Crippen LogP contribution in [0.4, 0.5) is 5.88 Å². The molecule has 0 saturated carbocycles. The van der Waals surface area contributed by atoms with Crippen molar-refractivity contribution in [2.75, 3.05) is 57.3 Å². The maximum absolute atomic E-state index is 12.6. The van der Waals surface area contributed by atoms with E-state index in [2.05, 4.69) is 22.9 Å². The minimum atomic E-state index is 0.142. The molecule has 154 valence electrons. The monoisotopic (exact) mass is 399 g/mol. The summed E-state index contributed by atoms with van der Waals surface area (Å²) < 4.78 is 16.8. The highest BCUT2D eigenvalue weighted by Crippen LogP contribution is 2.29. The second-order valence-electron chi connectivity index (χ2n) is 7.27. The molecule has 0 bridgehead atoms. The maximum atomic E-state index is 12.6. The summed E-state index contributed by atoms with van der Waals surface area (Å²) in [5, 5.41) is 9.42. The number of carbonyl (C=O) groups excluding carboxylic acids is 1. The molecule has 2 aliphatic rings. The Balaban J connectivity index is 1.34. The molecular weight excluding hydrogens is 374 g/mol. The Morgan fingerprint density at radius 3 is 2.83 bits per heavy atom. The van der Waals surface area contributed by atoms with Crippen LogP contribution in [0.15, 0.2) is 27.2 Å². The zero-order chi connectivity index (χ0) is 20.2. The van der Waals surface area contributed by atoms with Gasteiger partial charge in [-0.05, 0) is 18.6 Å². The van der Waals surface area contributed by atoms with E-state index in [4.69, 9.17) is 13.6 Å². The van der Waals surface area contributed by atoms with E-state index in [1.807, 2.05) is 9.80 Å². The molecule has 0 aromatic carbocycles. The summed E-state index contributed by atoms with van der Waals surface area (Å²) in [4.78, 5) is 22.9. The number of furan rings is 1. The fourth-order valence-corrected chi connectivity index (χ4v) is 3.70. The zero-order valence-electron chi connectivity index (χ0n) is 16.5. The first-order valence-corrected chi connectivity index (χ1v) is 9.99. The average molecular weight is 399 g/mol. The Morgan fingerprint density at radius 2 is 2.14 bits per heavy atom. The molecular formula is C20H25N5O4. The predicted octanol–water partition coefficient (Wildman–Crippen LogP) is 1.57. The number of anilines is 1. The van der Waals surface area contributed by atoms with Gasteiger partial charge in [-0.3, -0.25) is 9.69 Å². The van der Waals surface area contributed by atoms with Crippen LogP contribution >= 0.6 is 0 Å². The molecule has 9 nitrogen and oxygen atoms in total. The molecule has 1 atom stereocenters. The minimum Gasteiger partial charge on any atom is -0.459 e. The lowest BCUT2D eigenvalue weighted by Crippen LogP contribution is -2.52. The Morgan fingerprint density at radius 1 is 1.31 bits per heavy atom. The van der Waals surface area contributed by atoms with Crippen molar-refractivity contribution in [3.63, 3.8) is 0 Å². The van der Waals surface area contributed by atoms with Crippen LogP contribution in [-0.4, -0.2) is 79.2 Å². The van der Waals surface area contributed by atoms with Gasteiger partial charge in [-0.25, -0.2) is 0 Å². The third-order valence-electron chi connectivity index (χ3n) is 5.41. The fraction of sp³-hybridized carbons (Fsp3) is 0.550. The van der Waals surface area contributed by atoms with Gasteiger partial charge in [-0.2, -0.15) is 10.2 Å². The lowest BCUT2D eigenvalue weighted by molar-refractivity contribution is -0.140. The summed E-state index contributed by atoms with van der Waals surface area (Å²) in [6, 6.07) is 5.59. The SMILES string of the molecule is CCC1CN(C(=O)CN2CCN(c3oc(-c4ccco4)nc3C#N)CC2)CCO1. The second-order valence-corrected chi connectivity index (χ2v) is 7.27. The number of carbonyl (C=O) groups is 1. The number of nitriles is 1. The smallest absolute Gasteiger partial charge is 0.266 e. The van der Waals surface area contributed by atoms with Gasteiger partial charge < -0.3 is 23.4 Å². The highest BCUT2D eigenvalue weighted by Gasteiger charge is 2.28. The first-order chi connectivity index (χ1) is 14.2. The van der Waals surface area contributed by atoms with Crippen molar-refractivity contribution in [2.24, 2.45) is 0 Å². The van der Waals surface area contributed by atoms with Crippen molar-refractivity contribution in [1.29, 1.82) is 5.26 Å². The van der Waals surface area contributed by atoms with Gasteiger partial charge in [0.1, 0.15) is 6.07 Å². The van der Waals surface area contributed by atoms with E-state index in [1.165, 1.54) is 6.26 Å². The van der Waals surface area contributed by atoms with Gasteiger partial charge in [0.25, 0.3) is 5.89 Å². The number of oxazole rings is 1. The largest absolute Gasteiger partial charge is 0.459 e. The summed E-state index contributed by atoms with van der Waals surface area (Å²) in [7, 11) is 0. The van der Waals surface area contributed by atoms with Crippen molar-refractivity contribution in [1.82, 2.24) is 14.8 Å². The first kappa shape index (κ1) is 19.5. The fourth-order valence-electron chi connectivity index (χ4n) is 3.70. The lowest BCUT2D eigenvalue weighted by atomic mass is 10.2. The van der Waals surface area contributed by atoms with Crippen LogP contribution < -0.4 is 4.90 Å². The Hall–Kier alpha value is -2.83. The lowest BCUT2D eigenvalue weighted by Gasteiger charge is -2.37. The van der Waals surface area contributed by atoms with E-state index in [0.717, 1.165) is 19.5 Å². The van der Waals surface area contributed by atoms with Crippen molar-refractivity contribution in [2.45, 2.75) is 19.4 Å². The molecule has 9 heteroatoms. The molecule has 0 N–H and O–H groups in total. The number of ether oxygens (including phenoxy) is 1. The van der Waals surface area contributed by atoms with Crippen LogP contribution in [0.2, 0.25) is 0 Å². The van der Waals surface area contributed by atoms with Gasteiger partial charge in [0.2, 0.25) is 17.5 Å². The second kappa shape index (κ2) is 8.68. The Labute approximate surface area is 169 Å².